The Kier molecular flexibility index (Phi) is 2.91. The van der Waals surface area contributed by atoms with E-state index in [1.807, 2.05) is 19.1 Å². The first kappa shape index (κ1) is 10.0. The van der Waals surface area contributed by atoms with Gasteiger partial charge < -0.3 is 4.74 Å². The molecule has 0 aliphatic heterocycles. The maximum Gasteiger partial charge on any atom is 0.316 e. The number of rotatable bonds is 3. The smallest absolute Gasteiger partial charge is 0.316 e. The molecule has 0 radical (unpaired) electrons. The SMILES string of the molecule is Cc1ccc(COc2ncc(F)cn2)s1. The van der Waals surface area contributed by atoms with E-state index in [1.54, 1.807) is 11.3 Å². The molecule has 0 aromatic carbocycles. The van der Waals surface area contributed by atoms with Gasteiger partial charge in [-0.05, 0) is 19.1 Å². The molecule has 0 fully saturated rings. The van der Waals surface area contributed by atoms with Gasteiger partial charge in [0.25, 0.3) is 0 Å². The van der Waals surface area contributed by atoms with Crippen LogP contribution in [-0.2, 0) is 6.61 Å². The van der Waals surface area contributed by atoms with Crippen LogP contribution >= 0.6 is 11.3 Å². The number of hydrogen-bond acceptors (Lipinski definition) is 4. The van der Waals surface area contributed by atoms with E-state index in [1.165, 1.54) is 4.88 Å². The van der Waals surface area contributed by atoms with E-state index in [9.17, 15) is 4.39 Å². The minimum absolute atomic E-state index is 0.197. The molecule has 15 heavy (non-hydrogen) atoms. The first-order valence-electron chi connectivity index (χ1n) is 4.40. The Morgan fingerprint density at radius 2 is 2.07 bits per heavy atom. The van der Waals surface area contributed by atoms with E-state index in [0.717, 1.165) is 17.3 Å². The fraction of sp³-hybridized carbons (Fsp3) is 0.200. The van der Waals surface area contributed by atoms with Crippen molar-refractivity contribution in [2.45, 2.75) is 13.5 Å². The van der Waals surface area contributed by atoms with Crippen LogP contribution in [0.3, 0.4) is 0 Å². The van der Waals surface area contributed by atoms with Crippen molar-refractivity contribution in [2.24, 2.45) is 0 Å². The van der Waals surface area contributed by atoms with Gasteiger partial charge in [0.1, 0.15) is 6.61 Å². The molecule has 0 unspecified atom stereocenters. The number of ether oxygens (including phenoxy) is 1. The first-order chi connectivity index (χ1) is 7.24. The molecule has 78 valence electrons. The molecule has 0 aliphatic rings. The van der Waals surface area contributed by atoms with Crippen LogP contribution in [0, 0.1) is 12.7 Å². The normalized spacial score (nSPS) is 10.3. The average Bonchev–Trinajstić information content (AvgIpc) is 2.64. The van der Waals surface area contributed by atoms with E-state index in [0.29, 0.717) is 6.61 Å². The standard InChI is InChI=1S/C10H9FN2OS/c1-7-2-3-9(15-7)6-14-10-12-4-8(11)5-13-10/h2-5H,6H2,1H3. The van der Waals surface area contributed by atoms with Crippen molar-refractivity contribution >= 4 is 11.3 Å². The summed E-state index contributed by atoms with van der Waals surface area (Å²) < 4.78 is 17.8. The second-order valence-electron chi connectivity index (χ2n) is 2.98. The molecule has 0 atom stereocenters. The van der Waals surface area contributed by atoms with Crippen LogP contribution in [0.4, 0.5) is 4.39 Å². The minimum Gasteiger partial charge on any atom is -0.458 e. The maximum atomic E-state index is 12.5. The molecule has 0 N–H and O–H groups in total. The highest BCUT2D eigenvalue weighted by Crippen LogP contribution is 2.16. The lowest BCUT2D eigenvalue weighted by Crippen LogP contribution is -1.97. The fourth-order valence-corrected chi connectivity index (χ4v) is 1.88. The molecular weight excluding hydrogens is 215 g/mol. The predicted octanol–water partition coefficient (Wildman–Crippen LogP) is 2.56. The van der Waals surface area contributed by atoms with Crippen LogP contribution in [0.2, 0.25) is 0 Å². The zero-order valence-corrected chi connectivity index (χ0v) is 8.92. The topological polar surface area (TPSA) is 35.0 Å². The minimum atomic E-state index is -0.464. The predicted molar refractivity (Wildman–Crippen MR) is 55.4 cm³/mol. The van der Waals surface area contributed by atoms with Gasteiger partial charge in [-0.1, -0.05) is 0 Å². The molecule has 0 saturated carbocycles. The quantitative estimate of drug-likeness (QED) is 0.803. The Labute approximate surface area is 90.6 Å². The third kappa shape index (κ3) is 2.73. The summed E-state index contributed by atoms with van der Waals surface area (Å²) in [6.07, 6.45) is 2.17. The summed E-state index contributed by atoms with van der Waals surface area (Å²) in [6.45, 7) is 2.45. The van der Waals surface area contributed by atoms with Gasteiger partial charge in [-0.15, -0.1) is 11.3 Å². The zero-order chi connectivity index (χ0) is 10.7. The van der Waals surface area contributed by atoms with Crippen LogP contribution in [-0.4, -0.2) is 9.97 Å². The molecule has 0 amide bonds. The van der Waals surface area contributed by atoms with Crippen LogP contribution in [0.15, 0.2) is 24.5 Å². The molecule has 0 spiro atoms. The summed E-state index contributed by atoms with van der Waals surface area (Å²) in [5.41, 5.74) is 0. The lowest BCUT2D eigenvalue weighted by Gasteiger charge is -2.00. The van der Waals surface area contributed by atoms with Gasteiger partial charge in [0, 0.05) is 9.75 Å². The van der Waals surface area contributed by atoms with Crippen molar-refractivity contribution in [3.8, 4) is 6.01 Å². The van der Waals surface area contributed by atoms with E-state index in [2.05, 4.69) is 9.97 Å². The van der Waals surface area contributed by atoms with Gasteiger partial charge in [0.15, 0.2) is 5.82 Å². The van der Waals surface area contributed by atoms with Gasteiger partial charge in [0.2, 0.25) is 0 Å². The van der Waals surface area contributed by atoms with Gasteiger partial charge in [0.05, 0.1) is 12.4 Å². The van der Waals surface area contributed by atoms with Gasteiger partial charge >= 0.3 is 6.01 Å². The lowest BCUT2D eigenvalue weighted by atomic mass is 10.4. The van der Waals surface area contributed by atoms with Gasteiger partial charge in [-0.2, -0.15) is 0 Å². The second kappa shape index (κ2) is 4.35. The van der Waals surface area contributed by atoms with Crippen LogP contribution in [0.1, 0.15) is 9.75 Å². The van der Waals surface area contributed by atoms with Crippen LogP contribution < -0.4 is 4.74 Å². The molecule has 0 saturated heterocycles. The van der Waals surface area contributed by atoms with Gasteiger partial charge in [-0.25, -0.2) is 14.4 Å². The summed E-state index contributed by atoms with van der Waals surface area (Å²) in [6, 6.07) is 4.21. The second-order valence-corrected chi connectivity index (χ2v) is 4.36. The molecule has 5 heteroatoms. The Morgan fingerprint density at radius 1 is 1.33 bits per heavy atom. The average molecular weight is 224 g/mol. The fourth-order valence-electron chi connectivity index (χ4n) is 1.07. The summed E-state index contributed by atoms with van der Waals surface area (Å²) in [5, 5.41) is 0. The summed E-state index contributed by atoms with van der Waals surface area (Å²) >= 11 is 1.66. The molecule has 2 rings (SSSR count). The molecule has 3 nitrogen and oxygen atoms in total. The van der Waals surface area contributed by atoms with Crippen molar-refractivity contribution < 1.29 is 9.13 Å². The van der Waals surface area contributed by atoms with E-state index >= 15 is 0 Å². The number of aromatic nitrogens is 2. The summed E-state index contributed by atoms with van der Waals surface area (Å²) in [7, 11) is 0. The highest BCUT2D eigenvalue weighted by molar-refractivity contribution is 7.11. The summed E-state index contributed by atoms with van der Waals surface area (Å²) in [4.78, 5) is 9.72. The monoisotopic (exact) mass is 224 g/mol. The van der Waals surface area contributed by atoms with Crippen molar-refractivity contribution in [1.82, 2.24) is 9.97 Å². The third-order valence-corrected chi connectivity index (χ3v) is 2.71. The Morgan fingerprint density at radius 3 is 2.67 bits per heavy atom. The molecule has 0 bridgehead atoms. The van der Waals surface area contributed by atoms with Crippen molar-refractivity contribution in [3.05, 3.63) is 40.1 Å². The molecule has 2 aromatic rings. The molecule has 2 heterocycles. The highest BCUT2D eigenvalue weighted by Gasteiger charge is 2.00. The molecule has 0 aliphatic carbocycles. The van der Waals surface area contributed by atoms with Crippen molar-refractivity contribution in [2.75, 3.05) is 0 Å². The molecular formula is C10H9FN2OS. The van der Waals surface area contributed by atoms with E-state index < -0.39 is 5.82 Å². The number of hydrogen-bond donors (Lipinski definition) is 0. The largest absolute Gasteiger partial charge is 0.458 e. The number of halogens is 1. The summed E-state index contributed by atoms with van der Waals surface area (Å²) in [5.74, 6) is -0.464. The number of nitrogens with zero attached hydrogens (tertiary/aromatic N) is 2. The van der Waals surface area contributed by atoms with Crippen molar-refractivity contribution in [3.63, 3.8) is 0 Å². The Balaban J connectivity index is 1.96. The van der Waals surface area contributed by atoms with E-state index in [-0.39, 0.29) is 6.01 Å². The van der Waals surface area contributed by atoms with Crippen LogP contribution in [0.5, 0.6) is 6.01 Å². The van der Waals surface area contributed by atoms with E-state index in [4.69, 9.17) is 4.74 Å². The lowest BCUT2D eigenvalue weighted by molar-refractivity contribution is 0.282. The zero-order valence-electron chi connectivity index (χ0n) is 8.11. The van der Waals surface area contributed by atoms with Crippen LogP contribution in [0.25, 0.3) is 0 Å². The van der Waals surface area contributed by atoms with Crippen molar-refractivity contribution in [1.29, 1.82) is 0 Å². The number of thiophene rings is 1. The Hall–Kier alpha value is -1.49. The maximum absolute atomic E-state index is 12.5. The molecule has 2 aromatic heterocycles. The highest BCUT2D eigenvalue weighted by atomic mass is 32.1. The number of aryl methyl sites for hydroxylation is 1. The van der Waals surface area contributed by atoms with Gasteiger partial charge in [-0.3, -0.25) is 0 Å². The first-order valence-corrected chi connectivity index (χ1v) is 5.21. The Bertz CT molecular complexity index is 441. The third-order valence-electron chi connectivity index (χ3n) is 1.74.